The lowest BCUT2D eigenvalue weighted by Gasteiger charge is -2.34. The van der Waals surface area contributed by atoms with Crippen LogP contribution in [0.15, 0.2) is 66.1 Å². The second-order valence-corrected chi connectivity index (χ2v) is 9.31. The van der Waals surface area contributed by atoms with E-state index in [9.17, 15) is 13.2 Å². The summed E-state index contributed by atoms with van der Waals surface area (Å²) in [5.41, 5.74) is 0.362. The van der Waals surface area contributed by atoms with Gasteiger partial charge in [0, 0.05) is 49.9 Å². The molecule has 3 rings (SSSR count). The fourth-order valence-electron chi connectivity index (χ4n) is 3.23. The van der Waals surface area contributed by atoms with Gasteiger partial charge in [0.2, 0.25) is 10.0 Å². The maximum atomic E-state index is 12.9. The highest BCUT2D eigenvalue weighted by Gasteiger charge is 2.23. The zero-order valence-electron chi connectivity index (χ0n) is 17.2. The monoisotopic (exact) mass is 463 g/mol. The Kier molecular flexibility index (Phi) is 8.09. The van der Waals surface area contributed by atoms with Gasteiger partial charge in [-0.2, -0.15) is 0 Å². The van der Waals surface area contributed by atoms with Gasteiger partial charge in [0.1, 0.15) is 12.4 Å². The van der Waals surface area contributed by atoms with Crippen molar-refractivity contribution in [2.45, 2.75) is 4.90 Å². The number of benzene rings is 2. The van der Waals surface area contributed by atoms with E-state index in [0.717, 1.165) is 25.4 Å². The third-order valence-corrected chi connectivity index (χ3v) is 6.63. The van der Waals surface area contributed by atoms with Crippen molar-refractivity contribution in [2.75, 3.05) is 45.9 Å². The van der Waals surface area contributed by atoms with Gasteiger partial charge in [-0.1, -0.05) is 23.7 Å². The smallest absolute Gasteiger partial charge is 0.253 e. The molecule has 1 saturated heterocycles. The van der Waals surface area contributed by atoms with Crippen molar-refractivity contribution < 1.29 is 17.9 Å². The van der Waals surface area contributed by atoms with E-state index in [1.54, 1.807) is 29.2 Å². The average molecular weight is 464 g/mol. The molecule has 1 aliphatic heterocycles. The lowest BCUT2D eigenvalue weighted by Crippen LogP contribution is -2.49. The number of ether oxygens (including phenoxy) is 1. The molecule has 2 aromatic rings. The fraction of sp³-hybridized carbons (Fsp3) is 0.318. The first kappa shape index (κ1) is 23.3. The van der Waals surface area contributed by atoms with E-state index in [2.05, 4.69) is 16.2 Å². The molecule has 1 N–H and O–H groups in total. The summed E-state index contributed by atoms with van der Waals surface area (Å²) in [6.07, 6.45) is 1.46. The van der Waals surface area contributed by atoms with E-state index in [4.69, 9.17) is 16.3 Å². The van der Waals surface area contributed by atoms with Crippen molar-refractivity contribution in [2.24, 2.45) is 0 Å². The molecule has 0 radical (unpaired) electrons. The lowest BCUT2D eigenvalue weighted by atomic mass is 10.2. The summed E-state index contributed by atoms with van der Waals surface area (Å²) < 4.78 is 32.7. The topological polar surface area (TPSA) is 79.0 Å². The zero-order chi connectivity index (χ0) is 22.3. The number of amides is 1. The molecule has 1 aliphatic rings. The Morgan fingerprint density at radius 2 is 1.84 bits per heavy atom. The van der Waals surface area contributed by atoms with E-state index in [1.165, 1.54) is 18.2 Å². The predicted molar refractivity (Wildman–Crippen MR) is 121 cm³/mol. The maximum absolute atomic E-state index is 12.9. The first-order valence-electron chi connectivity index (χ1n) is 10.00. The number of hydrogen-bond donors (Lipinski definition) is 1. The van der Waals surface area contributed by atoms with E-state index >= 15 is 0 Å². The molecule has 0 bridgehead atoms. The van der Waals surface area contributed by atoms with Crippen molar-refractivity contribution in [1.82, 2.24) is 14.5 Å². The zero-order valence-corrected chi connectivity index (χ0v) is 18.7. The molecular formula is C22H26ClN3O4S. The van der Waals surface area contributed by atoms with Gasteiger partial charge in [-0.25, -0.2) is 13.1 Å². The van der Waals surface area contributed by atoms with Crippen LogP contribution < -0.4 is 9.46 Å². The minimum absolute atomic E-state index is 0.0678. The molecule has 0 aromatic heterocycles. The Morgan fingerprint density at radius 3 is 2.52 bits per heavy atom. The number of nitrogens with one attached hydrogen (secondary N) is 1. The minimum Gasteiger partial charge on any atom is -0.492 e. The highest BCUT2D eigenvalue weighted by molar-refractivity contribution is 7.89. The summed E-state index contributed by atoms with van der Waals surface area (Å²) in [5, 5.41) is 0.671. The van der Waals surface area contributed by atoms with Crippen molar-refractivity contribution >= 4 is 27.5 Å². The Balaban J connectivity index is 1.50. The van der Waals surface area contributed by atoms with E-state index in [1.807, 2.05) is 12.1 Å². The number of piperazine rings is 1. The number of carbonyl (C=O) groups is 1. The van der Waals surface area contributed by atoms with Crippen molar-refractivity contribution in [3.8, 4) is 5.75 Å². The van der Waals surface area contributed by atoms with Crippen LogP contribution in [0.3, 0.4) is 0 Å². The third-order valence-electron chi connectivity index (χ3n) is 4.96. The van der Waals surface area contributed by atoms with Crippen LogP contribution in [0.4, 0.5) is 0 Å². The molecule has 1 heterocycles. The second-order valence-electron chi connectivity index (χ2n) is 7.10. The second kappa shape index (κ2) is 10.8. The van der Waals surface area contributed by atoms with E-state index in [-0.39, 0.29) is 17.3 Å². The largest absolute Gasteiger partial charge is 0.492 e. The normalized spacial score (nSPS) is 14.9. The summed E-state index contributed by atoms with van der Waals surface area (Å²) in [7, 11) is -3.68. The van der Waals surface area contributed by atoms with Gasteiger partial charge in [0.25, 0.3) is 5.91 Å². The Labute approximate surface area is 188 Å². The van der Waals surface area contributed by atoms with Gasteiger partial charge in [0.15, 0.2) is 0 Å². The SMILES string of the molecule is C=CCNS(=O)(=O)c1cccc(C(=O)N2CCN(CCOc3ccc(Cl)cc3)CC2)c1. The van der Waals surface area contributed by atoms with Crippen molar-refractivity contribution in [3.63, 3.8) is 0 Å². The van der Waals surface area contributed by atoms with Crippen LogP contribution in [0.1, 0.15) is 10.4 Å². The Hall–Kier alpha value is -2.39. The first-order valence-corrected chi connectivity index (χ1v) is 11.9. The standard InChI is InChI=1S/C22H26ClN3O4S/c1-2-10-24-31(28,29)21-5-3-4-18(17-21)22(27)26-13-11-25(12-14-26)15-16-30-20-8-6-19(23)7-9-20/h2-9,17,24H,1,10-16H2. The third kappa shape index (κ3) is 6.54. The summed E-state index contributed by atoms with van der Waals surface area (Å²) >= 11 is 5.87. The number of nitrogens with zero attached hydrogens (tertiary/aromatic N) is 2. The highest BCUT2D eigenvalue weighted by Crippen LogP contribution is 2.16. The molecule has 0 unspecified atom stereocenters. The Morgan fingerprint density at radius 1 is 1.13 bits per heavy atom. The molecule has 31 heavy (non-hydrogen) atoms. The van der Waals surface area contributed by atoms with Gasteiger partial charge < -0.3 is 9.64 Å². The van der Waals surface area contributed by atoms with Crippen LogP contribution in [0.2, 0.25) is 5.02 Å². The molecule has 0 aliphatic carbocycles. The molecule has 7 nitrogen and oxygen atoms in total. The predicted octanol–water partition coefficient (Wildman–Crippen LogP) is 2.64. The van der Waals surface area contributed by atoms with Gasteiger partial charge in [-0.15, -0.1) is 6.58 Å². The molecule has 9 heteroatoms. The number of rotatable bonds is 9. The molecule has 1 fully saturated rings. The van der Waals surface area contributed by atoms with Crippen LogP contribution in [0.5, 0.6) is 5.75 Å². The molecular weight excluding hydrogens is 438 g/mol. The molecule has 0 atom stereocenters. The molecule has 0 saturated carbocycles. The number of hydrogen-bond acceptors (Lipinski definition) is 5. The summed E-state index contributed by atoms with van der Waals surface area (Å²) in [6, 6.07) is 13.4. The molecule has 166 valence electrons. The molecule has 0 spiro atoms. The number of halogens is 1. The van der Waals surface area contributed by atoms with Crippen LogP contribution in [0, 0.1) is 0 Å². The lowest BCUT2D eigenvalue weighted by molar-refractivity contribution is 0.0620. The Bertz CT molecular complexity index is 1000. The van der Waals surface area contributed by atoms with Gasteiger partial charge in [0.05, 0.1) is 4.90 Å². The fourth-order valence-corrected chi connectivity index (χ4v) is 4.40. The minimum atomic E-state index is -3.68. The summed E-state index contributed by atoms with van der Waals surface area (Å²) in [5.74, 6) is 0.605. The van der Waals surface area contributed by atoms with Gasteiger partial charge >= 0.3 is 0 Å². The van der Waals surface area contributed by atoms with Gasteiger partial charge in [-0.3, -0.25) is 9.69 Å². The van der Waals surface area contributed by atoms with Crippen LogP contribution in [-0.4, -0.2) is 70.0 Å². The maximum Gasteiger partial charge on any atom is 0.253 e. The van der Waals surface area contributed by atoms with Crippen molar-refractivity contribution in [1.29, 1.82) is 0 Å². The first-order chi connectivity index (χ1) is 14.9. The van der Waals surface area contributed by atoms with E-state index < -0.39 is 10.0 Å². The van der Waals surface area contributed by atoms with Crippen molar-refractivity contribution in [3.05, 3.63) is 71.8 Å². The van der Waals surface area contributed by atoms with Crippen LogP contribution in [0.25, 0.3) is 0 Å². The average Bonchev–Trinajstić information content (AvgIpc) is 2.79. The van der Waals surface area contributed by atoms with Crippen LogP contribution >= 0.6 is 11.6 Å². The summed E-state index contributed by atoms with van der Waals surface area (Å²) in [4.78, 5) is 16.9. The summed E-state index contributed by atoms with van der Waals surface area (Å²) in [6.45, 7) is 7.55. The van der Waals surface area contributed by atoms with E-state index in [0.29, 0.717) is 30.3 Å². The highest BCUT2D eigenvalue weighted by atomic mass is 35.5. The van der Waals surface area contributed by atoms with Gasteiger partial charge in [-0.05, 0) is 42.5 Å². The number of carbonyl (C=O) groups excluding carboxylic acids is 1. The molecule has 2 aromatic carbocycles. The van der Waals surface area contributed by atoms with Crippen LogP contribution in [-0.2, 0) is 10.0 Å². The number of sulfonamides is 1. The quantitative estimate of drug-likeness (QED) is 0.578. The molecule has 1 amide bonds.